The third-order valence-corrected chi connectivity index (χ3v) is 4.63. The Morgan fingerprint density at radius 1 is 1.04 bits per heavy atom. The van der Waals surface area contributed by atoms with Crippen molar-refractivity contribution >= 4 is 5.71 Å². The number of halogens is 1. The third kappa shape index (κ3) is 2.94. The molecule has 0 radical (unpaired) electrons. The Bertz CT molecular complexity index is 691. The van der Waals surface area contributed by atoms with Crippen molar-refractivity contribution in [3.63, 3.8) is 0 Å². The van der Waals surface area contributed by atoms with Crippen LogP contribution in [0.1, 0.15) is 37.8 Å². The molecular weight excluding hydrogens is 299 g/mol. The first kappa shape index (κ1) is 14.6. The van der Waals surface area contributed by atoms with E-state index in [1.54, 1.807) is 12.1 Å². The molecule has 0 amide bonds. The number of hydrogen-bond donors (Lipinski definition) is 0. The smallest absolute Gasteiger partial charge is 0.214 e. The van der Waals surface area contributed by atoms with Crippen LogP contribution < -0.4 is 0 Å². The number of oxime groups is 1. The van der Waals surface area contributed by atoms with Crippen LogP contribution in [0.3, 0.4) is 0 Å². The van der Waals surface area contributed by atoms with Crippen molar-refractivity contribution in [3.05, 3.63) is 29.8 Å². The topological polar surface area (TPSA) is 52.9 Å². The first-order chi connectivity index (χ1) is 11.2. The Hall–Kier alpha value is -1.97. The van der Waals surface area contributed by atoms with E-state index in [1.165, 1.54) is 6.07 Å². The van der Waals surface area contributed by atoms with Crippen molar-refractivity contribution in [2.24, 2.45) is 5.16 Å². The highest BCUT2D eigenvalue weighted by atomic mass is 19.1. The monoisotopic (exact) mass is 316 g/mol. The van der Waals surface area contributed by atoms with Gasteiger partial charge in [-0.25, -0.2) is 4.98 Å². The quantitative estimate of drug-likeness (QED) is 0.545. The van der Waals surface area contributed by atoms with Crippen molar-refractivity contribution in [2.45, 2.75) is 43.5 Å². The number of nitrogens with zero attached hydrogens (tertiary/aromatic N) is 2. The molecule has 1 aromatic heterocycles. The van der Waals surface area contributed by atoms with Gasteiger partial charge in [0.25, 0.3) is 0 Å². The Morgan fingerprint density at radius 3 is 2.57 bits per heavy atom. The standard InChI is InChI=1S/C17H17FN2O3/c18-15-3-1-2-13(19-15)4-5-14-12-16(23-20-14)6-8-17(9-7-16)21-10-11-22-17/h1-3H,6-12H2. The second-order valence-electron chi connectivity index (χ2n) is 6.19. The molecule has 1 saturated heterocycles. The van der Waals surface area contributed by atoms with Crippen LogP contribution in [-0.2, 0) is 14.3 Å². The summed E-state index contributed by atoms with van der Waals surface area (Å²) < 4.78 is 24.5. The maximum absolute atomic E-state index is 13.0. The maximum Gasteiger partial charge on any atom is 0.214 e. The first-order valence-electron chi connectivity index (χ1n) is 7.85. The molecule has 0 unspecified atom stereocenters. The van der Waals surface area contributed by atoms with Gasteiger partial charge in [0.15, 0.2) is 5.79 Å². The lowest BCUT2D eigenvalue weighted by Gasteiger charge is -2.39. The zero-order valence-corrected chi connectivity index (χ0v) is 12.7. The van der Waals surface area contributed by atoms with Gasteiger partial charge in [-0.1, -0.05) is 11.2 Å². The van der Waals surface area contributed by atoms with Crippen molar-refractivity contribution in [2.75, 3.05) is 13.2 Å². The Balaban J connectivity index is 1.40. The molecule has 1 aliphatic carbocycles. The van der Waals surface area contributed by atoms with Crippen molar-refractivity contribution in [3.8, 4) is 11.8 Å². The van der Waals surface area contributed by atoms with E-state index in [1.807, 2.05) is 0 Å². The van der Waals surface area contributed by atoms with Gasteiger partial charge in [0.2, 0.25) is 5.95 Å². The SMILES string of the molecule is Fc1cccc(C#CC2=NOC3(CCC4(CC3)OCCO4)C2)n1. The lowest BCUT2D eigenvalue weighted by molar-refractivity contribution is -0.206. The van der Waals surface area contributed by atoms with E-state index in [4.69, 9.17) is 14.3 Å². The van der Waals surface area contributed by atoms with Gasteiger partial charge in [0.1, 0.15) is 17.0 Å². The summed E-state index contributed by atoms with van der Waals surface area (Å²) in [6, 6.07) is 4.55. The van der Waals surface area contributed by atoms with Gasteiger partial charge in [-0.05, 0) is 36.8 Å². The third-order valence-electron chi connectivity index (χ3n) is 4.63. The summed E-state index contributed by atoms with van der Waals surface area (Å²) in [5, 5.41) is 4.11. The van der Waals surface area contributed by atoms with Crippen molar-refractivity contribution < 1.29 is 18.7 Å². The second kappa shape index (κ2) is 5.59. The molecule has 1 saturated carbocycles. The molecule has 23 heavy (non-hydrogen) atoms. The van der Waals surface area contributed by atoms with E-state index in [-0.39, 0.29) is 5.60 Å². The minimum Gasteiger partial charge on any atom is -0.388 e. The van der Waals surface area contributed by atoms with E-state index in [0.717, 1.165) is 25.7 Å². The van der Waals surface area contributed by atoms with Crippen LogP contribution in [0.5, 0.6) is 0 Å². The maximum atomic E-state index is 13.0. The molecule has 6 heteroatoms. The number of hydrogen-bond acceptors (Lipinski definition) is 5. The Labute approximate surface area is 133 Å². The Kier molecular flexibility index (Phi) is 3.55. The molecule has 5 nitrogen and oxygen atoms in total. The average Bonchev–Trinajstić information content (AvgIpc) is 3.17. The van der Waals surface area contributed by atoms with Crippen LogP contribution in [-0.4, -0.2) is 35.3 Å². The van der Waals surface area contributed by atoms with Crippen molar-refractivity contribution in [1.29, 1.82) is 0 Å². The fourth-order valence-electron chi connectivity index (χ4n) is 3.34. The minimum absolute atomic E-state index is 0.292. The molecule has 120 valence electrons. The van der Waals surface area contributed by atoms with E-state index in [2.05, 4.69) is 22.0 Å². The van der Waals surface area contributed by atoms with Gasteiger partial charge in [-0.15, -0.1) is 0 Å². The molecule has 2 spiro atoms. The van der Waals surface area contributed by atoms with Gasteiger partial charge >= 0.3 is 0 Å². The summed E-state index contributed by atoms with van der Waals surface area (Å²) in [6.07, 6.45) is 3.97. The number of pyridine rings is 1. The number of aromatic nitrogens is 1. The normalized spacial score (nSPS) is 24.1. The molecule has 0 atom stereocenters. The predicted octanol–water partition coefficient (Wildman–Crippen LogP) is 2.40. The zero-order valence-electron chi connectivity index (χ0n) is 12.7. The van der Waals surface area contributed by atoms with Crippen LogP contribution in [0.15, 0.2) is 23.4 Å². The first-order valence-corrected chi connectivity index (χ1v) is 7.85. The van der Waals surface area contributed by atoms with E-state index < -0.39 is 11.7 Å². The highest BCUT2D eigenvalue weighted by Gasteiger charge is 2.50. The van der Waals surface area contributed by atoms with Crippen LogP contribution in [0.4, 0.5) is 4.39 Å². The second-order valence-corrected chi connectivity index (χ2v) is 6.19. The zero-order chi connectivity index (χ0) is 15.8. The largest absolute Gasteiger partial charge is 0.388 e. The average molecular weight is 316 g/mol. The summed E-state index contributed by atoms with van der Waals surface area (Å²) in [5.74, 6) is 4.83. The molecule has 2 aliphatic heterocycles. The lowest BCUT2D eigenvalue weighted by Crippen LogP contribution is -2.43. The van der Waals surface area contributed by atoms with Gasteiger partial charge < -0.3 is 14.3 Å². The molecule has 2 fully saturated rings. The van der Waals surface area contributed by atoms with Gasteiger partial charge in [0, 0.05) is 19.3 Å². The minimum atomic E-state index is -0.535. The Morgan fingerprint density at radius 2 is 1.83 bits per heavy atom. The van der Waals surface area contributed by atoms with Gasteiger partial charge in [0.05, 0.1) is 13.2 Å². The van der Waals surface area contributed by atoms with Crippen LogP contribution >= 0.6 is 0 Å². The van der Waals surface area contributed by atoms with Gasteiger partial charge in [-0.3, -0.25) is 0 Å². The summed E-state index contributed by atoms with van der Waals surface area (Å²) in [7, 11) is 0. The molecule has 4 rings (SSSR count). The van der Waals surface area contributed by atoms with E-state index in [9.17, 15) is 4.39 Å². The lowest BCUT2D eigenvalue weighted by atomic mass is 9.79. The summed E-state index contributed by atoms with van der Waals surface area (Å²) in [6.45, 7) is 1.34. The predicted molar refractivity (Wildman–Crippen MR) is 80.0 cm³/mol. The highest BCUT2D eigenvalue weighted by molar-refractivity contribution is 6.01. The molecule has 0 bridgehead atoms. The highest BCUT2D eigenvalue weighted by Crippen LogP contribution is 2.45. The molecule has 3 aliphatic rings. The fourth-order valence-corrected chi connectivity index (χ4v) is 3.34. The van der Waals surface area contributed by atoms with Crippen LogP contribution in [0.2, 0.25) is 0 Å². The fraction of sp³-hybridized carbons (Fsp3) is 0.529. The molecule has 0 aromatic carbocycles. The summed E-state index contributed by atoms with van der Waals surface area (Å²) in [5.41, 5.74) is 0.782. The van der Waals surface area contributed by atoms with Crippen LogP contribution in [0, 0.1) is 17.8 Å². The van der Waals surface area contributed by atoms with Crippen molar-refractivity contribution in [1.82, 2.24) is 4.98 Å². The molecule has 1 aromatic rings. The number of rotatable bonds is 0. The molecule has 0 N–H and O–H groups in total. The van der Waals surface area contributed by atoms with E-state index in [0.29, 0.717) is 31.0 Å². The molecular formula is C17H17FN2O3. The molecule has 3 heterocycles. The van der Waals surface area contributed by atoms with E-state index >= 15 is 0 Å². The van der Waals surface area contributed by atoms with Crippen LogP contribution in [0.25, 0.3) is 0 Å². The summed E-state index contributed by atoms with van der Waals surface area (Å²) in [4.78, 5) is 9.41. The summed E-state index contributed by atoms with van der Waals surface area (Å²) >= 11 is 0. The number of ether oxygens (including phenoxy) is 2. The van der Waals surface area contributed by atoms with Gasteiger partial charge in [-0.2, -0.15) is 4.39 Å².